The van der Waals surface area contributed by atoms with E-state index in [1.807, 2.05) is 0 Å². The smallest absolute Gasteiger partial charge is 0.242 e. The zero-order valence-corrected chi connectivity index (χ0v) is 19.0. The Morgan fingerprint density at radius 2 is 1.50 bits per heavy atom. The lowest BCUT2D eigenvalue weighted by atomic mass is 10.2. The maximum Gasteiger partial charge on any atom is 0.242 e. The van der Waals surface area contributed by atoms with Gasteiger partial charge < -0.3 is 20.7 Å². The Labute approximate surface area is 187 Å². The van der Waals surface area contributed by atoms with Crippen LogP contribution in [0.4, 0.5) is 17.1 Å². The second-order valence-corrected chi connectivity index (χ2v) is 9.11. The van der Waals surface area contributed by atoms with E-state index in [1.165, 1.54) is 6.92 Å². The lowest BCUT2D eigenvalue weighted by Crippen LogP contribution is -2.39. The third-order valence-corrected chi connectivity index (χ3v) is 6.44. The Bertz CT molecular complexity index is 1070. The van der Waals surface area contributed by atoms with Crippen LogP contribution in [0.25, 0.3) is 0 Å². The highest BCUT2D eigenvalue weighted by Gasteiger charge is 2.33. The first kappa shape index (κ1) is 24.9. The van der Waals surface area contributed by atoms with Crippen molar-refractivity contribution in [3.05, 3.63) is 48.5 Å². The molecule has 0 aromatic heterocycles. The van der Waals surface area contributed by atoms with Crippen LogP contribution in [0.5, 0.6) is 5.75 Å². The van der Waals surface area contributed by atoms with Gasteiger partial charge in [-0.1, -0.05) is 19.1 Å². The monoisotopic (exact) mass is 461 g/mol. The van der Waals surface area contributed by atoms with E-state index in [0.717, 1.165) is 0 Å². The van der Waals surface area contributed by atoms with Crippen molar-refractivity contribution in [3.8, 4) is 5.75 Å². The zero-order valence-electron chi connectivity index (χ0n) is 18.2. The molecule has 3 N–H and O–H groups in total. The number of anilines is 3. The number of carbonyl (C=O) groups excluding carboxylic acids is 3. The molecule has 0 bridgehead atoms. The molecule has 0 heterocycles. The van der Waals surface area contributed by atoms with Gasteiger partial charge in [0.1, 0.15) is 16.8 Å². The average molecular weight is 462 g/mol. The number of carbonyl (C=O) groups is 3. The van der Waals surface area contributed by atoms with Gasteiger partial charge in [-0.15, -0.1) is 0 Å². The predicted octanol–water partition coefficient (Wildman–Crippen LogP) is 2.81. The molecule has 0 aliphatic carbocycles. The van der Waals surface area contributed by atoms with Crippen molar-refractivity contribution >= 4 is 44.6 Å². The minimum Gasteiger partial charge on any atom is -0.492 e. The number of nitrogens with one attached hydrogen (secondary N) is 3. The number of amides is 3. The maximum atomic E-state index is 12.8. The van der Waals surface area contributed by atoms with Crippen molar-refractivity contribution in [1.29, 1.82) is 0 Å². The molecule has 1 unspecified atom stereocenters. The summed E-state index contributed by atoms with van der Waals surface area (Å²) >= 11 is 0. The summed E-state index contributed by atoms with van der Waals surface area (Å²) in [5.74, 6) is -2.15. The first-order valence-electron chi connectivity index (χ1n) is 10.1. The number of rotatable bonds is 10. The van der Waals surface area contributed by atoms with Crippen LogP contribution in [0.15, 0.2) is 48.5 Å². The number of para-hydroxylation sites is 2. The topological polar surface area (TPSA) is 131 Å². The zero-order chi connectivity index (χ0) is 23.7. The largest absolute Gasteiger partial charge is 0.492 e. The summed E-state index contributed by atoms with van der Waals surface area (Å²) in [5.41, 5.74) is 1.26. The molecule has 10 heteroatoms. The molecule has 3 amide bonds. The van der Waals surface area contributed by atoms with E-state index in [2.05, 4.69) is 16.0 Å². The van der Waals surface area contributed by atoms with Crippen LogP contribution in [0.2, 0.25) is 0 Å². The molecule has 32 heavy (non-hydrogen) atoms. The van der Waals surface area contributed by atoms with Crippen LogP contribution < -0.4 is 20.7 Å². The maximum absolute atomic E-state index is 12.8. The number of hydrogen-bond acceptors (Lipinski definition) is 6. The van der Waals surface area contributed by atoms with Crippen LogP contribution >= 0.6 is 0 Å². The Morgan fingerprint density at radius 1 is 0.906 bits per heavy atom. The van der Waals surface area contributed by atoms with Crippen molar-refractivity contribution < 1.29 is 27.5 Å². The SMILES string of the molecule is CCOc1ccccc1NC(=O)CS(=O)(=O)C(CC)C(=O)Nc1ccc(NC(C)=O)cc1. The molecule has 0 saturated heterocycles. The van der Waals surface area contributed by atoms with Crippen LogP contribution in [0.1, 0.15) is 27.2 Å². The predicted molar refractivity (Wildman–Crippen MR) is 123 cm³/mol. The van der Waals surface area contributed by atoms with Gasteiger partial charge in [-0.3, -0.25) is 14.4 Å². The molecule has 0 fully saturated rings. The minimum atomic E-state index is -4.08. The summed E-state index contributed by atoms with van der Waals surface area (Å²) in [6.07, 6.45) is 0.000948. The van der Waals surface area contributed by atoms with Crippen LogP contribution in [-0.2, 0) is 24.2 Å². The number of ether oxygens (including phenoxy) is 1. The Kier molecular flexibility index (Phi) is 8.77. The van der Waals surface area contributed by atoms with Crippen molar-refractivity contribution in [2.45, 2.75) is 32.4 Å². The summed E-state index contributed by atoms with van der Waals surface area (Å²) in [5, 5.41) is 6.28. The van der Waals surface area contributed by atoms with Gasteiger partial charge in [0.2, 0.25) is 17.7 Å². The molecule has 0 aliphatic heterocycles. The van der Waals surface area contributed by atoms with Gasteiger partial charge in [-0.2, -0.15) is 0 Å². The number of hydrogen-bond donors (Lipinski definition) is 3. The lowest BCUT2D eigenvalue weighted by molar-refractivity contribution is -0.116. The Morgan fingerprint density at radius 3 is 2.06 bits per heavy atom. The number of sulfone groups is 1. The van der Waals surface area contributed by atoms with E-state index < -0.39 is 32.7 Å². The highest BCUT2D eigenvalue weighted by molar-refractivity contribution is 7.93. The highest BCUT2D eigenvalue weighted by atomic mass is 32.2. The van der Waals surface area contributed by atoms with Gasteiger partial charge in [-0.25, -0.2) is 8.42 Å². The first-order valence-corrected chi connectivity index (χ1v) is 11.8. The summed E-state index contributed by atoms with van der Waals surface area (Å²) in [4.78, 5) is 36.1. The molecule has 0 radical (unpaired) electrons. The van der Waals surface area contributed by atoms with Gasteiger partial charge in [0.05, 0.1) is 12.3 Å². The van der Waals surface area contributed by atoms with E-state index in [-0.39, 0.29) is 12.3 Å². The normalized spacial score (nSPS) is 11.8. The average Bonchev–Trinajstić information content (AvgIpc) is 2.70. The summed E-state index contributed by atoms with van der Waals surface area (Å²) < 4.78 is 31.0. The molecule has 172 valence electrons. The molecule has 2 aromatic carbocycles. The fourth-order valence-corrected chi connectivity index (χ4v) is 4.52. The molecule has 2 aromatic rings. The van der Waals surface area contributed by atoms with Crippen LogP contribution in [-0.4, -0.2) is 43.7 Å². The van der Waals surface area contributed by atoms with Gasteiger partial charge in [0.15, 0.2) is 9.84 Å². The van der Waals surface area contributed by atoms with E-state index >= 15 is 0 Å². The van der Waals surface area contributed by atoms with Crippen LogP contribution in [0, 0.1) is 0 Å². The van der Waals surface area contributed by atoms with Crippen molar-refractivity contribution in [2.75, 3.05) is 28.3 Å². The molecular weight excluding hydrogens is 434 g/mol. The molecular formula is C22H27N3O6S. The third kappa shape index (κ3) is 7.09. The second kappa shape index (κ2) is 11.3. The van der Waals surface area contributed by atoms with Gasteiger partial charge in [0, 0.05) is 18.3 Å². The van der Waals surface area contributed by atoms with Crippen molar-refractivity contribution in [1.82, 2.24) is 0 Å². The fourth-order valence-electron chi connectivity index (χ4n) is 2.99. The number of benzene rings is 2. The first-order chi connectivity index (χ1) is 15.2. The molecule has 2 rings (SSSR count). The molecule has 0 spiro atoms. The lowest BCUT2D eigenvalue weighted by Gasteiger charge is -2.17. The van der Waals surface area contributed by atoms with Crippen molar-refractivity contribution in [2.24, 2.45) is 0 Å². The second-order valence-electron chi connectivity index (χ2n) is 6.93. The summed E-state index contributed by atoms with van der Waals surface area (Å²) in [6.45, 7) is 5.11. The Balaban J connectivity index is 2.06. The standard InChI is InChI=1S/C22H27N3O6S/c1-4-20(22(28)24-17-12-10-16(11-13-17)23-15(3)26)32(29,30)14-21(27)25-18-8-6-7-9-19(18)31-5-2/h6-13,20H,4-5,14H2,1-3H3,(H,23,26)(H,24,28)(H,25,27). The van der Waals surface area contributed by atoms with Gasteiger partial charge >= 0.3 is 0 Å². The van der Waals surface area contributed by atoms with Gasteiger partial charge in [-0.05, 0) is 49.7 Å². The van der Waals surface area contributed by atoms with Crippen molar-refractivity contribution in [3.63, 3.8) is 0 Å². The summed E-state index contributed by atoms with van der Waals surface area (Å²) in [7, 11) is -4.08. The molecule has 0 aliphatic rings. The summed E-state index contributed by atoms with van der Waals surface area (Å²) in [6, 6.07) is 12.9. The van der Waals surface area contributed by atoms with E-state index in [0.29, 0.717) is 29.4 Å². The Hall–Kier alpha value is -3.40. The van der Waals surface area contributed by atoms with E-state index in [4.69, 9.17) is 4.74 Å². The minimum absolute atomic E-state index is 0.000948. The molecule has 9 nitrogen and oxygen atoms in total. The quantitative estimate of drug-likeness (QED) is 0.499. The highest BCUT2D eigenvalue weighted by Crippen LogP contribution is 2.24. The fraction of sp³-hybridized carbons (Fsp3) is 0.318. The van der Waals surface area contributed by atoms with Gasteiger partial charge in [0.25, 0.3) is 0 Å². The molecule has 0 saturated carbocycles. The van der Waals surface area contributed by atoms with E-state index in [1.54, 1.807) is 62.4 Å². The van der Waals surface area contributed by atoms with Crippen LogP contribution in [0.3, 0.4) is 0 Å². The molecule has 1 atom stereocenters. The van der Waals surface area contributed by atoms with E-state index in [9.17, 15) is 22.8 Å². The third-order valence-electron chi connectivity index (χ3n) is 4.36.